The zero-order valence-electron chi connectivity index (χ0n) is 12.5. The van der Waals surface area contributed by atoms with E-state index in [2.05, 4.69) is 46.8 Å². The van der Waals surface area contributed by atoms with Crippen LogP contribution in [0, 0.1) is 27.7 Å². The van der Waals surface area contributed by atoms with Crippen LogP contribution in [0.2, 0.25) is 0 Å². The van der Waals surface area contributed by atoms with Crippen LogP contribution < -0.4 is 5.32 Å². The number of nitrogens with zero attached hydrogens (tertiary/aromatic N) is 4. The highest BCUT2D eigenvalue weighted by Crippen LogP contribution is 2.23. The van der Waals surface area contributed by atoms with E-state index in [1.54, 1.807) is 11.3 Å². The number of hydrogen-bond acceptors (Lipinski definition) is 4. The van der Waals surface area contributed by atoms with Gasteiger partial charge in [-0.05, 0) is 27.7 Å². The van der Waals surface area contributed by atoms with Crippen LogP contribution in [-0.2, 0) is 13.6 Å². The van der Waals surface area contributed by atoms with E-state index in [-0.39, 0.29) is 0 Å². The Morgan fingerprint density at radius 1 is 1.20 bits per heavy atom. The molecule has 0 aliphatic heterocycles. The molecule has 0 aromatic carbocycles. The molecule has 3 rings (SSSR count). The standard InChI is InChI=1S/C14H19N5S/c1-8-7-19-12(9(2)16-14(19)20-8)6-15-13-10(3)17-18(5)11(13)4/h7,15H,6H2,1-5H3. The maximum absolute atomic E-state index is 4.62. The summed E-state index contributed by atoms with van der Waals surface area (Å²) in [7, 11) is 1.97. The van der Waals surface area contributed by atoms with Crippen LogP contribution in [0.3, 0.4) is 0 Å². The zero-order valence-corrected chi connectivity index (χ0v) is 13.3. The van der Waals surface area contributed by atoms with Gasteiger partial charge in [0.2, 0.25) is 0 Å². The summed E-state index contributed by atoms with van der Waals surface area (Å²) >= 11 is 1.73. The number of rotatable bonds is 3. The minimum Gasteiger partial charge on any atom is -0.376 e. The van der Waals surface area contributed by atoms with Gasteiger partial charge in [-0.25, -0.2) is 4.98 Å². The zero-order chi connectivity index (χ0) is 14.4. The van der Waals surface area contributed by atoms with Gasteiger partial charge in [0, 0.05) is 18.1 Å². The van der Waals surface area contributed by atoms with Crippen molar-refractivity contribution >= 4 is 22.0 Å². The second kappa shape index (κ2) is 4.63. The van der Waals surface area contributed by atoms with E-state index in [9.17, 15) is 0 Å². The quantitative estimate of drug-likeness (QED) is 0.806. The van der Waals surface area contributed by atoms with Crippen LogP contribution in [0.25, 0.3) is 4.96 Å². The van der Waals surface area contributed by atoms with Crippen LogP contribution in [0.4, 0.5) is 5.69 Å². The molecule has 0 atom stereocenters. The van der Waals surface area contributed by atoms with E-state index < -0.39 is 0 Å². The lowest BCUT2D eigenvalue weighted by atomic mass is 10.3. The van der Waals surface area contributed by atoms with Crippen molar-refractivity contribution in [1.29, 1.82) is 0 Å². The second-order valence-electron chi connectivity index (χ2n) is 5.16. The maximum Gasteiger partial charge on any atom is 0.194 e. The van der Waals surface area contributed by atoms with Crippen molar-refractivity contribution < 1.29 is 0 Å². The second-order valence-corrected chi connectivity index (χ2v) is 6.37. The summed E-state index contributed by atoms with van der Waals surface area (Å²) in [5.41, 5.74) is 5.61. The smallest absolute Gasteiger partial charge is 0.194 e. The summed E-state index contributed by atoms with van der Waals surface area (Å²) in [4.78, 5) is 6.96. The average molecular weight is 289 g/mol. The highest BCUT2D eigenvalue weighted by Gasteiger charge is 2.13. The number of nitrogens with one attached hydrogen (secondary N) is 1. The van der Waals surface area contributed by atoms with Crippen LogP contribution in [0.1, 0.15) is 27.7 Å². The van der Waals surface area contributed by atoms with Gasteiger partial charge in [0.05, 0.1) is 35.0 Å². The molecule has 0 spiro atoms. The van der Waals surface area contributed by atoms with Crippen molar-refractivity contribution in [3.05, 3.63) is 33.8 Å². The number of fused-ring (bicyclic) bond motifs is 1. The molecule has 20 heavy (non-hydrogen) atoms. The summed E-state index contributed by atoms with van der Waals surface area (Å²) in [6.07, 6.45) is 2.15. The molecule has 1 N–H and O–H groups in total. The van der Waals surface area contributed by atoms with Crippen molar-refractivity contribution in [2.24, 2.45) is 7.05 Å². The molecule has 0 radical (unpaired) electrons. The van der Waals surface area contributed by atoms with Gasteiger partial charge in [-0.2, -0.15) is 5.10 Å². The molecule has 0 saturated heterocycles. The highest BCUT2D eigenvalue weighted by atomic mass is 32.1. The Bertz CT molecular complexity index is 777. The highest BCUT2D eigenvalue weighted by molar-refractivity contribution is 7.17. The molecule has 3 aromatic heterocycles. The Balaban J connectivity index is 1.91. The summed E-state index contributed by atoms with van der Waals surface area (Å²) in [6.45, 7) is 9.05. The number of imidazole rings is 1. The van der Waals surface area contributed by atoms with E-state index in [4.69, 9.17) is 0 Å². The summed E-state index contributed by atoms with van der Waals surface area (Å²) < 4.78 is 4.09. The van der Waals surface area contributed by atoms with Gasteiger partial charge in [-0.1, -0.05) is 0 Å². The van der Waals surface area contributed by atoms with E-state index in [1.165, 1.54) is 10.6 Å². The van der Waals surface area contributed by atoms with E-state index >= 15 is 0 Å². The first kappa shape index (κ1) is 13.2. The normalized spacial score (nSPS) is 11.4. The topological polar surface area (TPSA) is 47.1 Å². The predicted octanol–water partition coefficient (Wildman–Crippen LogP) is 2.98. The summed E-state index contributed by atoms with van der Waals surface area (Å²) in [5, 5.41) is 7.94. The Hall–Kier alpha value is -1.82. The lowest BCUT2D eigenvalue weighted by Gasteiger charge is -2.07. The third kappa shape index (κ3) is 2.00. The molecule has 106 valence electrons. The van der Waals surface area contributed by atoms with E-state index in [0.29, 0.717) is 0 Å². The maximum atomic E-state index is 4.62. The van der Waals surface area contributed by atoms with Crippen LogP contribution in [-0.4, -0.2) is 19.2 Å². The fourth-order valence-corrected chi connectivity index (χ4v) is 3.41. The Morgan fingerprint density at radius 3 is 2.60 bits per heavy atom. The molecule has 0 fully saturated rings. The monoisotopic (exact) mass is 289 g/mol. The van der Waals surface area contributed by atoms with Crippen molar-refractivity contribution in [3.63, 3.8) is 0 Å². The SMILES string of the molecule is Cc1cn2c(CNc3c(C)nn(C)c3C)c(C)nc2s1. The van der Waals surface area contributed by atoms with E-state index in [1.807, 2.05) is 18.7 Å². The largest absolute Gasteiger partial charge is 0.376 e. The molecule has 6 heteroatoms. The van der Waals surface area contributed by atoms with E-state index in [0.717, 1.165) is 34.3 Å². The van der Waals surface area contributed by atoms with Gasteiger partial charge < -0.3 is 5.32 Å². The molecule has 0 saturated carbocycles. The van der Waals surface area contributed by atoms with Gasteiger partial charge in [-0.15, -0.1) is 11.3 Å². The molecule has 3 aromatic rings. The van der Waals surface area contributed by atoms with Crippen molar-refractivity contribution in [3.8, 4) is 0 Å². The third-order valence-electron chi connectivity index (χ3n) is 3.68. The number of hydrogen-bond donors (Lipinski definition) is 1. The predicted molar refractivity (Wildman–Crippen MR) is 82.6 cm³/mol. The molecular weight excluding hydrogens is 270 g/mol. The summed E-state index contributed by atoms with van der Waals surface area (Å²) in [6, 6.07) is 0. The summed E-state index contributed by atoms with van der Waals surface area (Å²) in [5.74, 6) is 0. The number of aromatic nitrogens is 4. The van der Waals surface area contributed by atoms with Crippen molar-refractivity contribution in [2.75, 3.05) is 5.32 Å². The molecule has 0 unspecified atom stereocenters. The third-order valence-corrected chi connectivity index (χ3v) is 4.58. The van der Waals surface area contributed by atoms with Gasteiger partial charge in [0.1, 0.15) is 0 Å². The fourth-order valence-electron chi connectivity index (χ4n) is 2.52. The van der Waals surface area contributed by atoms with Gasteiger partial charge in [-0.3, -0.25) is 9.08 Å². The molecule has 3 heterocycles. The van der Waals surface area contributed by atoms with Crippen LogP contribution in [0.15, 0.2) is 6.20 Å². The minimum atomic E-state index is 0.760. The Labute approximate surface area is 122 Å². The van der Waals surface area contributed by atoms with Gasteiger partial charge in [0.15, 0.2) is 4.96 Å². The molecular formula is C14H19N5S. The van der Waals surface area contributed by atoms with Crippen molar-refractivity contribution in [2.45, 2.75) is 34.2 Å². The lowest BCUT2D eigenvalue weighted by Crippen LogP contribution is -2.05. The van der Waals surface area contributed by atoms with Gasteiger partial charge >= 0.3 is 0 Å². The number of thiazole rings is 1. The first-order chi connectivity index (χ1) is 9.47. The number of aryl methyl sites for hydroxylation is 4. The first-order valence-electron chi connectivity index (χ1n) is 6.65. The number of anilines is 1. The molecule has 5 nitrogen and oxygen atoms in total. The molecule has 0 amide bonds. The Morgan fingerprint density at radius 2 is 1.95 bits per heavy atom. The van der Waals surface area contributed by atoms with Gasteiger partial charge in [0.25, 0.3) is 0 Å². The fraction of sp³-hybridized carbons (Fsp3) is 0.429. The van der Waals surface area contributed by atoms with Crippen molar-refractivity contribution in [1.82, 2.24) is 19.2 Å². The first-order valence-corrected chi connectivity index (χ1v) is 7.47. The molecule has 0 bridgehead atoms. The van der Waals surface area contributed by atoms with Crippen LogP contribution >= 0.6 is 11.3 Å². The average Bonchev–Trinajstić information content (AvgIpc) is 2.93. The molecule has 0 aliphatic carbocycles. The molecule has 0 aliphatic rings. The lowest BCUT2D eigenvalue weighted by molar-refractivity contribution is 0.731. The minimum absolute atomic E-state index is 0.760. The Kier molecular flexibility index (Phi) is 3.05. The van der Waals surface area contributed by atoms with Crippen LogP contribution in [0.5, 0.6) is 0 Å².